The van der Waals surface area contributed by atoms with Crippen LogP contribution in [0.3, 0.4) is 0 Å². The number of hydrogen-bond acceptors (Lipinski definition) is 8. The molecule has 0 fully saturated rings. The third-order valence-electron chi connectivity index (χ3n) is 3.36. The molecule has 0 radical (unpaired) electrons. The van der Waals surface area contributed by atoms with E-state index in [2.05, 4.69) is 10.5 Å². The van der Waals surface area contributed by atoms with Gasteiger partial charge in [0.05, 0.1) is 21.4 Å². The fourth-order valence-corrected chi connectivity index (χ4v) is 3.07. The van der Waals surface area contributed by atoms with Crippen LogP contribution in [-0.2, 0) is 9.84 Å². The van der Waals surface area contributed by atoms with Gasteiger partial charge in [0.1, 0.15) is 0 Å². The number of rotatable bonds is 6. The predicted molar refractivity (Wildman–Crippen MR) is 92.7 cm³/mol. The molecule has 1 aliphatic rings. The van der Waals surface area contributed by atoms with Gasteiger partial charge in [-0.15, -0.1) is 0 Å². The van der Waals surface area contributed by atoms with E-state index in [1.807, 2.05) is 0 Å². The first kappa shape index (κ1) is 17.4. The van der Waals surface area contributed by atoms with Crippen molar-refractivity contribution in [2.45, 2.75) is 4.90 Å². The van der Waals surface area contributed by atoms with Crippen molar-refractivity contribution < 1.29 is 22.8 Å². The monoisotopic (exact) mass is 375 g/mol. The molecular weight excluding hydrogens is 362 g/mol. The summed E-state index contributed by atoms with van der Waals surface area (Å²) in [5, 5.41) is 15.5. The van der Waals surface area contributed by atoms with Crippen molar-refractivity contribution in [1.82, 2.24) is 5.43 Å². The Balaban J connectivity index is 1.64. The van der Waals surface area contributed by atoms with E-state index in [0.29, 0.717) is 11.5 Å². The highest BCUT2D eigenvalue weighted by atomic mass is 32.2. The smallest absolute Gasteiger partial charge is 0.270 e. The van der Waals surface area contributed by atoms with Crippen LogP contribution in [0.15, 0.2) is 64.1 Å². The van der Waals surface area contributed by atoms with Crippen LogP contribution in [-0.4, -0.2) is 26.3 Å². The quantitative estimate of drug-likeness (QED) is 0.467. The largest absolute Gasteiger partial charge is 0.454 e. The van der Waals surface area contributed by atoms with Crippen LogP contribution >= 0.6 is 0 Å². The summed E-state index contributed by atoms with van der Waals surface area (Å²) in [6.45, 7) is 0.173. The maximum Gasteiger partial charge on any atom is 0.270 e. The lowest BCUT2D eigenvalue weighted by molar-refractivity contribution is -0.385. The molecule has 2 aromatic carbocycles. The number of benzene rings is 2. The molecule has 0 aliphatic carbocycles. The zero-order valence-electron chi connectivity index (χ0n) is 13.2. The summed E-state index contributed by atoms with van der Waals surface area (Å²) in [7, 11) is -3.83. The second kappa shape index (κ2) is 7.23. The summed E-state index contributed by atoms with van der Waals surface area (Å²) in [5.41, 5.74) is 2.90. The van der Waals surface area contributed by atoms with E-state index >= 15 is 0 Å². The highest BCUT2D eigenvalue weighted by molar-refractivity contribution is 7.94. The lowest BCUT2D eigenvalue weighted by Crippen LogP contribution is -2.01. The molecule has 134 valence electrons. The maximum absolute atomic E-state index is 12.1. The third-order valence-corrected chi connectivity index (χ3v) is 4.77. The van der Waals surface area contributed by atoms with Crippen LogP contribution in [0, 0.1) is 10.1 Å². The van der Waals surface area contributed by atoms with E-state index in [4.69, 9.17) is 9.47 Å². The van der Waals surface area contributed by atoms with Gasteiger partial charge in [-0.2, -0.15) is 5.10 Å². The second-order valence-electron chi connectivity index (χ2n) is 5.10. The van der Waals surface area contributed by atoms with E-state index in [9.17, 15) is 18.5 Å². The lowest BCUT2D eigenvalue weighted by Gasteiger charge is -1.99. The molecule has 0 unspecified atom stereocenters. The van der Waals surface area contributed by atoms with Gasteiger partial charge in [-0.1, -0.05) is 6.07 Å². The van der Waals surface area contributed by atoms with E-state index in [0.717, 1.165) is 23.2 Å². The van der Waals surface area contributed by atoms with E-state index < -0.39 is 14.8 Å². The molecule has 0 spiro atoms. The van der Waals surface area contributed by atoms with Crippen LogP contribution in [0.2, 0.25) is 0 Å². The molecule has 0 saturated carbocycles. The van der Waals surface area contributed by atoms with Gasteiger partial charge < -0.3 is 9.47 Å². The van der Waals surface area contributed by atoms with Crippen molar-refractivity contribution in [3.05, 3.63) is 69.8 Å². The SMILES string of the molecule is O=[N+]([O-])c1cccc(S(=O)(=O)/C=C/N/N=C/c2ccc3c(c2)OCO3)c1. The number of nitro benzene ring substituents is 1. The molecule has 10 heteroatoms. The first-order valence-corrected chi connectivity index (χ1v) is 8.85. The van der Waals surface area contributed by atoms with Gasteiger partial charge in [0.25, 0.3) is 5.69 Å². The van der Waals surface area contributed by atoms with E-state index in [1.165, 1.54) is 24.4 Å². The van der Waals surface area contributed by atoms with Crippen molar-refractivity contribution in [2.75, 3.05) is 6.79 Å². The van der Waals surface area contributed by atoms with Gasteiger partial charge in [0, 0.05) is 18.3 Å². The molecule has 9 nitrogen and oxygen atoms in total. The molecule has 1 aliphatic heterocycles. The number of nitrogens with zero attached hydrogens (tertiary/aromatic N) is 2. The van der Waals surface area contributed by atoms with Crippen LogP contribution in [0.5, 0.6) is 11.5 Å². The number of nitrogens with one attached hydrogen (secondary N) is 1. The Labute approximate surface area is 148 Å². The van der Waals surface area contributed by atoms with Crippen LogP contribution in [0.4, 0.5) is 5.69 Å². The molecule has 26 heavy (non-hydrogen) atoms. The average Bonchev–Trinajstić information content (AvgIpc) is 3.09. The summed E-state index contributed by atoms with van der Waals surface area (Å²) >= 11 is 0. The summed E-state index contributed by atoms with van der Waals surface area (Å²) in [6, 6.07) is 10.0. The number of fused-ring (bicyclic) bond motifs is 1. The molecule has 0 saturated heterocycles. The lowest BCUT2D eigenvalue weighted by atomic mass is 10.2. The Kier molecular flexibility index (Phi) is 4.85. The summed E-state index contributed by atoms with van der Waals surface area (Å²) in [5.74, 6) is 1.26. The third kappa shape index (κ3) is 3.98. The number of non-ortho nitro benzene ring substituents is 1. The first-order chi connectivity index (χ1) is 12.5. The fraction of sp³-hybridized carbons (Fsp3) is 0.0625. The number of sulfone groups is 1. The second-order valence-corrected chi connectivity index (χ2v) is 6.94. The average molecular weight is 375 g/mol. The fourth-order valence-electron chi connectivity index (χ4n) is 2.12. The van der Waals surface area contributed by atoms with Crippen molar-refractivity contribution in [3.8, 4) is 11.5 Å². The summed E-state index contributed by atoms with van der Waals surface area (Å²) < 4.78 is 34.7. The van der Waals surface area contributed by atoms with Gasteiger partial charge in [-0.3, -0.25) is 15.5 Å². The number of nitro groups is 1. The van der Waals surface area contributed by atoms with Gasteiger partial charge in [-0.25, -0.2) is 8.42 Å². The normalized spacial score (nSPS) is 13.4. The van der Waals surface area contributed by atoms with Crippen molar-refractivity contribution >= 4 is 21.7 Å². The minimum absolute atomic E-state index is 0.173. The van der Waals surface area contributed by atoms with Crippen molar-refractivity contribution in [3.63, 3.8) is 0 Å². The predicted octanol–water partition coefficient (Wildman–Crippen LogP) is 2.19. The highest BCUT2D eigenvalue weighted by Crippen LogP contribution is 2.31. The molecular formula is C16H13N3O6S. The minimum atomic E-state index is -3.83. The van der Waals surface area contributed by atoms with Crippen LogP contribution in [0.1, 0.15) is 5.56 Å². The molecule has 0 aromatic heterocycles. The molecule has 2 aromatic rings. The summed E-state index contributed by atoms with van der Waals surface area (Å²) in [6.07, 6.45) is 2.60. The molecule has 1 heterocycles. The first-order valence-electron chi connectivity index (χ1n) is 7.30. The Morgan fingerprint density at radius 1 is 1.15 bits per heavy atom. The topological polar surface area (TPSA) is 120 Å². The molecule has 0 atom stereocenters. The number of hydrazone groups is 1. The zero-order chi connectivity index (χ0) is 18.6. The minimum Gasteiger partial charge on any atom is -0.454 e. The molecule has 1 N–H and O–H groups in total. The van der Waals surface area contributed by atoms with E-state index in [1.54, 1.807) is 18.2 Å². The van der Waals surface area contributed by atoms with Crippen LogP contribution in [0.25, 0.3) is 0 Å². The Bertz CT molecular complexity index is 1000. The Hall–Kier alpha value is -3.40. The Morgan fingerprint density at radius 2 is 1.96 bits per heavy atom. The van der Waals surface area contributed by atoms with Crippen molar-refractivity contribution in [2.24, 2.45) is 5.10 Å². The van der Waals surface area contributed by atoms with Gasteiger partial charge in [0.15, 0.2) is 11.5 Å². The van der Waals surface area contributed by atoms with Gasteiger partial charge >= 0.3 is 0 Å². The molecule has 0 bridgehead atoms. The van der Waals surface area contributed by atoms with Crippen LogP contribution < -0.4 is 14.9 Å². The Morgan fingerprint density at radius 3 is 2.77 bits per heavy atom. The number of ether oxygens (including phenoxy) is 2. The zero-order valence-corrected chi connectivity index (χ0v) is 14.0. The molecule has 3 rings (SSSR count). The summed E-state index contributed by atoms with van der Waals surface area (Å²) in [4.78, 5) is 9.90. The van der Waals surface area contributed by atoms with E-state index in [-0.39, 0.29) is 17.4 Å². The maximum atomic E-state index is 12.1. The standard InChI is InChI=1S/C16H13N3O6S/c20-19(21)13-2-1-3-14(9-13)26(22,23)7-6-17-18-10-12-4-5-15-16(8-12)25-11-24-15/h1-10,17H,11H2/b7-6+,18-10+. The number of hydrogen-bond donors (Lipinski definition) is 1. The highest BCUT2D eigenvalue weighted by Gasteiger charge is 2.15. The van der Waals surface area contributed by atoms with Crippen molar-refractivity contribution in [1.29, 1.82) is 0 Å². The molecule has 0 amide bonds. The van der Waals surface area contributed by atoms with Gasteiger partial charge in [0.2, 0.25) is 16.6 Å². The van der Waals surface area contributed by atoms with Gasteiger partial charge in [-0.05, 0) is 29.8 Å².